The Kier molecular flexibility index (Phi) is 12.6. The maximum atomic E-state index is 13.5. The van der Waals surface area contributed by atoms with Crippen molar-refractivity contribution in [1.82, 2.24) is 5.32 Å². The van der Waals surface area contributed by atoms with Gasteiger partial charge in [0.25, 0.3) is 5.91 Å². The van der Waals surface area contributed by atoms with Crippen LogP contribution in [0, 0.1) is 12.8 Å². The number of thioether (sulfide) groups is 1. The summed E-state index contributed by atoms with van der Waals surface area (Å²) in [6.45, 7) is 3.06. The molecule has 3 rings (SSSR count). The number of hydrogen-bond acceptors (Lipinski definition) is 6. The average molecular weight is 542 g/mol. The van der Waals surface area contributed by atoms with E-state index in [0.29, 0.717) is 31.1 Å². The Morgan fingerprint density at radius 3 is 2.50 bits per heavy atom. The van der Waals surface area contributed by atoms with Gasteiger partial charge in [0.15, 0.2) is 0 Å². The monoisotopic (exact) mass is 541 g/mol. The minimum atomic E-state index is -0.692. The van der Waals surface area contributed by atoms with Gasteiger partial charge in [0, 0.05) is 12.7 Å². The molecule has 38 heavy (non-hydrogen) atoms. The quantitative estimate of drug-likeness (QED) is 0.288. The Bertz CT molecular complexity index is 1040. The van der Waals surface area contributed by atoms with Gasteiger partial charge in [-0.3, -0.25) is 4.79 Å². The number of carbonyl (C=O) groups excluding carboxylic acids is 2. The fourth-order valence-electron chi connectivity index (χ4n) is 5.22. The third kappa shape index (κ3) is 8.85. The first kappa shape index (κ1) is 30.2. The van der Waals surface area contributed by atoms with E-state index in [1.54, 1.807) is 18.9 Å². The third-order valence-electron chi connectivity index (χ3n) is 7.32. The van der Waals surface area contributed by atoms with E-state index in [2.05, 4.69) is 5.32 Å². The van der Waals surface area contributed by atoms with Crippen molar-refractivity contribution in [2.45, 2.75) is 70.6 Å². The van der Waals surface area contributed by atoms with Crippen molar-refractivity contribution in [3.8, 4) is 11.1 Å². The first-order valence-corrected chi connectivity index (χ1v) is 15.0. The van der Waals surface area contributed by atoms with Crippen molar-refractivity contribution >= 4 is 23.6 Å². The van der Waals surface area contributed by atoms with Gasteiger partial charge in [-0.2, -0.15) is 11.8 Å². The summed E-state index contributed by atoms with van der Waals surface area (Å²) < 4.78 is 16.8. The van der Waals surface area contributed by atoms with Crippen molar-refractivity contribution in [3.63, 3.8) is 0 Å². The summed E-state index contributed by atoms with van der Waals surface area (Å²) >= 11 is 1.62. The molecule has 1 aliphatic carbocycles. The van der Waals surface area contributed by atoms with Crippen LogP contribution in [-0.2, 0) is 25.6 Å². The Morgan fingerprint density at radius 2 is 1.82 bits per heavy atom. The summed E-state index contributed by atoms with van der Waals surface area (Å²) in [7, 11) is 3.07. The highest BCUT2D eigenvalue weighted by molar-refractivity contribution is 7.98. The molecular weight excluding hydrogens is 498 g/mol. The van der Waals surface area contributed by atoms with Gasteiger partial charge in [-0.05, 0) is 72.1 Å². The predicted octanol–water partition coefficient (Wildman–Crippen LogP) is 6.19. The molecule has 0 aliphatic heterocycles. The largest absolute Gasteiger partial charge is 0.467 e. The second-order valence-electron chi connectivity index (χ2n) is 10.2. The number of amides is 1. The van der Waals surface area contributed by atoms with Crippen LogP contribution in [0.4, 0.5) is 0 Å². The summed E-state index contributed by atoms with van der Waals surface area (Å²) in [5.74, 6) is 0.718. The molecule has 6 nitrogen and oxygen atoms in total. The molecule has 2 aromatic carbocycles. The van der Waals surface area contributed by atoms with Crippen LogP contribution in [-0.4, -0.2) is 56.9 Å². The SMILES string of the molecule is COCC(CC1CCCCC1)OCc1ccc(C(=O)N[C@@H](CCSC)C(=O)OC)c(-c2ccccc2C)c1. The highest BCUT2D eigenvalue weighted by Gasteiger charge is 2.24. The average Bonchev–Trinajstić information content (AvgIpc) is 2.94. The van der Waals surface area contributed by atoms with Gasteiger partial charge in [-0.15, -0.1) is 0 Å². The zero-order chi connectivity index (χ0) is 27.3. The van der Waals surface area contributed by atoms with Crippen LogP contribution in [0.15, 0.2) is 42.5 Å². The molecule has 208 valence electrons. The summed E-state index contributed by atoms with van der Waals surface area (Å²) in [6, 6.07) is 13.1. The van der Waals surface area contributed by atoms with Gasteiger partial charge in [-0.1, -0.05) is 62.4 Å². The number of nitrogens with one attached hydrogen (secondary N) is 1. The maximum Gasteiger partial charge on any atom is 0.328 e. The molecule has 0 saturated heterocycles. The molecule has 0 aromatic heterocycles. The molecule has 7 heteroatoms. The fraction of sp³-hybridized carbons (Fsp3) is 0.548. The second kappa shape index (κ2) is 15.9. The number of aryl methyl sites for hydroxylation is 1. The van der Waals surface area contributed by atoms with Crippen LogP contribution >= 0.6 is 11.8 Å². The van der Waals surface area contributed by atoms with E-state index in [9.17, 15) is 9.59 Å². The highest BCUT2D eigenvalue weighted by Crippen LogP contribution is 2.30. The Morgan fingerprint density at radius 1 is 1.05 bits per heavy atom. The van der Waals surface area contributed by atoms with Crippen molar-refractivity contribution in [2.75, 3.05) is 32.8 Å². The number of benzene rings is 2. The number of ether oxygens (including phenoxy) is 3. The molecule has 1 unspecified atom stereocenters. The highest BCUT2D eigenvalue weighted by atomic mass is 32.2. The summed E-state index contributed by atoms with van der Waals surface area (Å²) in [6.07, 6.45) is 10.0. The Balaban J connectivity index is 1.82. The van der Waals surface area contributed by atoms with E-state index in [4.69, 9.17) is 14.2 Å². The molecule has 1 fully saturated rings. The van der Waals surface area contributed by atoms with Crippen molar-refractivity contribution in [2.24, 2.45) is 5.92 Å². The number of carbonyl (C=O) groups is 2. The van der Waals surface area contributed by atoms with Crippen molar-refractivity contribution in [3.05, 3.63) is 59.2 Å². The first-order chi connectivity index (χ1) is 18.5. The lowest BCUT2D eigenvalue weighted by atomic mass is 9.85. The van der Waals surface area contributed by atoms with E-state index in [0.717, 1.165) is 34.4 Å². The number of rotatable bonds is 14. The zero-order valence-corrected chi connectivity index (χ0v) is 24.1. The Labute approximate surface area is 232 Å². The summed E-state index contributed by atoms with van der Waals surface area (Å²) in [4.78, 5) is 25.8. The number of methoxy groups -OCH3 is 2. The van der Waals surface area contributed by atoms with E-state index < -0.39 is 12.0 Å². The van der Waals surface area contributed by atoms with E-state index >= 15 is 0 Å². The molecule has 1 N–H and O–H groups in total. The molecular formula is C31H43NO5S. The number of hydrogen-bond donors (Lipinski definition) is 1. The minimum absolute atomic E-state index is 0.0465. The first-order valence-electron chi connectivity index (χ1n) is 13.6. The third-order valence-corrected chi connectivity index (χ3v) is 7.97. The van der Waals surface area contributed by atoms with Crippen molar-refractivity contribution in [1.29, 1.82) is 0 Å². The molecule has 0 bridgehead atoms. The van der Waals surface area contributed by atoms with Gasteiger partial charge >= 0.3 is 5.97 Å². The molecule has 0 heterocycles. The van der Waals surface area contributed by atoms with Gasteiger partial charge in [0.1, 0.15) is 6.04 Å². The Hall–Kier alpha value is -2.35. The molecule has 1 amide bonds. The van der Waals surface area contributed by atoms with Crippen molar-refractivity contribution < 1.29 is 23.8 Å². The fourth-order valence-corrected chi connectivity index (χ4v) is 5.69. The molecule has 0 spiro atoms. The normalized spacial score (nSPS) is 15.6. The zero-order valence-electron chi connectivity index (χ0n) is 23.3. The van der Waals surface area contributed by atoms with Gasteiger partial charge in [0.2, 0.25) is 0 Å². The van der Waals surface area contributed by atoms with Gasteiger partial charge < -0.3 is 19.5 Å². The maximum absolute atomic E-state index is 13.5. The predicted molar refractivity (Wildman–Crippen MR) is 155 cm³/mol. The molecule has 1 aliphatic rings. The van der Waals surface area contributed by atoms with E-state index in [1.807, 2.05) is 55.6 Å². The van der Waals surface area contributed by atoms with Gasteiger partial charge in [0.05, 0.1) is 26.4 Å². The van der Waals surface area contributed by atoms with Crippen LogP contribution in [0.1, 0.15) is 66.4 Å². The second-order valence-corrected chi connectivity index (χ2v) is 11.1. The van der Waals surface area contributed by atoms with Gasteiger partial charge in [-0.25, -0.2) is 4.79 Å². The lowest BCUT2D eigenvalue weighted by Gasteiger charge is -2.26. The molecule has 0 radical (unpaired) electrons. The lowest BCUT2D eigenvalue weighted by molar-refractivity contribution is -0.142. The topological polar surface area (TPSA) is 73.9 Å². The van der Waals surface area contributed by atoms with Crippen LogP contribution in [0.2, 0.25) is 0 Å². The summed E-state index contributed by atoms with van der Waals surface area (Å²) in [5.41, 5.74) is 4.40. The van der Waals surface area contributed by atoms with Crippen LogP contribution in [0.3, 0.4) is 0 Å². The molecule has 1 saturated carbocycles. The van der Waals surface area contributed by atoms with E-state index in [1.165, 1.54) is 39.2 Å². The van der Waals surface area contributed by atoms with Crippen LogP contribution in [0.5, 0.6) is 0 Å². The molecule has 2 atom stereocenters. The smallest absolute Gasteiger partial charge is 0.328 e. The summed E-state index contributed by atoms with van der Waals surface area (Å²) in [5, 5.41) is 2.91. The molecule has 2 aromatic rings. The minimum Gasteiger partial charge on any atom is -0.467 e. The van der Waals surface area contributed by atoms with Crippen LogP contribution in [0.25, 0.3) is 11.1 Å². The lowest BCUT2D eigenvalue weighted by Crippen LogP contribution is -2.42. The standard InChI is InChI=1S/C31H43NO5S/c1-22-10-8-9-13-26(22)28-19-24(20-37-25(21-35-2)18-23-11-6-5-7-12-23)14-15-27(28)30(33)32-29(16-17-38-4)31(34)36-3/h8-10,13-15,19,23,25,29H,5-7,11-12,16-18,20-21H2,1-4H3,(H,32,33)/t25?,29-/m0/s1. The van der Waals surface area contributed by atoms with E-state index in [-0.39, 0.29) is 12.0 Å². The number of esters is 1. The van der Waals surface area contributed by atoms with Crippen LogP contribution < -0.4 is 5.32 Å².